The Kier molecular flexibility index (Phi) is 6.32. The van der Waals surface area contributed by atoms with Gasteiger partial charge >= 0.3 is 0 Å². The number of hydrogen-bond acceptors (Lipinski definition) is 5. The first-order valence-electron chi connectivity index (χ1n) is 12.0. The predicted molar refractivity (Wildman–Crippen MR) is 129 cm³/mol. The average Bonchev–Trinajstić information content (AvgIpc) is 2.84. The number of fused-ring (bicyclic) bond motifs is 3. The molecule has 2 fully saturated rings. The Hall–Kier alpha value is -2.24. The SMILES string of the molecule is COc1cccc2c1N1CCN(CCCN3CCN(c4ccccc4)CC3)CC1CC2. The molecule has 0 spiro atoms. The average molecular weight is 421 g/mol. The van der Waals surface area contributed by atoms with Crippen molar-refractivity contribution in [3.05, 3.63) is 54.1 Å². The molecule has 1 unspecified atom stereocenters. The molecule has 31 heavy (non-hydrogen) atoms. The lowest BCUT2D eigenvalue weighted by atomic mass is 9.93. The monoisotopic (exact) mass is 420 g/mol. The van der Waals surface area contributed by atoms with Crippen molar-refractivity contribution in [2.24, 2.45) is 0 Å². The Balaban J connectivity index is 1.07. The molecule has 0 amide bonds. The molecular weight excluding hydrogens is 384 g/mol. The second-order valence-electron chi connectivity index (χ2n) is 9.17. The summed E-state index contributed by atoms with van der Waals surface area (Å²) in [6, 6.07) is 18.0. The van der Waals surface area contributed by atoms with Gasteiger partial charge in [-0.15, -0.1) is 0 Å². The summed E-state index contributed by atoms with van der Waals surface area (Å²) >= 11 is 0. The molecule has 0 radical (unpaired) electrons. The third-order valence-electron chi connectivity index (χ3n) is 7.35. The van der Waals surface area contributed by atoms with Gasteiger partial charge in [0.25, 0.3) is 0 Å². The highest BCUT2D eigenvalue weighted by Crippen LogP contribution is 2.39. The number of para-hydroxylation sites is 2. The van der Waals surface area contributed by atoms with Gasteiger partial charge in [-0.05, 0) is 56.1 Å². The maximum absolute atomic E-state index is 5.69. The first kappa shape index (κ1) is 20.7. The maximum atomic E-state index is 5.69. The summed E-state index contributed by atoms with van der Waals surface area (Å²) in [6.45, 7) is 10.6. The number of methoxy groups -OCH3 is 1. The second-order valence-corrected chi connectivity index (χ2v) is 9.17. The minimum atomic E-state index is 0.631. The fraction of sp³-hybridized carbons (Fsp3) is 0.538. The minimum absolute atomic E-state index is 0.631. The lowest BCUT2D eigenvalue weighted by molar-refractivity contribution is 0.189. The van der Waals surface area contributed by atoms with Crippen LogP contribution in [0.25, 0.3) is 0 Å². The standard InChI is InChI=1S/C26H36N4O/c1-31-25-10-5-7-22-11-12-24-21-28(17-20-30(24)26(22)25)14-6-13-27-15-18-29(19-16-27)23-8-3-2-4-9-23/h2-5,7-10,24H,6,11-21H2,1H3. The van der Waals surface area contributed by atoms with Crippen LogP contribution >= 0.6 is 0 Å². The van der Waals surface area contributed by atoms with Gasteiger partial charge in [0.1, 0.15) is 5.75 Å². The fourth-order valence-electron chi connectivity index (χ4n) is 5.63. The van der Waals surface area contributed by atoms with Crippen LogP contribution in [0.4, 0.5) is 11.4 Å². The van der Waals surface area contributed by atoms with Crippen molar-refractivity contribution in [3.63, 3.8) is 0 Å². The Bertz CT molecular complexity index is 835. The normalized spacial score (nSPS) is 22.2. The van der Waals surface area contributed by atoms with Crippen LogP contribution in [-0.2, 0) is 6.42 Å². The fourth-order valence-corrected chi connectivity index (χ4v) is 5.63. The molecule has 0 bridgehead atoms. The number of nitrogens with zero attached hydrogens (tertiary/aromatic N) is 4. The van der Waals surface area contributed by atoms with Gasteiger partial charge in [-0.25, -0.2) is 0 Å². The summed E-state index contributed by atoms with van der Waals surface area (Å²) in [5, 5.41) is 0. The van der Waals surface area contributed by atoms with Crippen LogP contribution < -0.4 is 14.5 Å². The van der Waals surface area contributed by atoms with Crippen molar-refractivity contribution in [1.82, 2.24) is 9.80 Å². The Morgan fingerprint density at radius 2 is 1.61 bits per heavy atom. The van der Waals surface area contributed by atoms with Crippen LogP contribution in [0.1, 0.15) is 18.4 Å². The summed E-state index contributed by atoms with van der Waals surface area (Å²) in [5.41, 5.74) is 4.18. The van der Waals surface area contributed by atoms with Crippen LogP contribution in [-0.4, -0.2) is 81.9 Å². The van der Waals surface area contributed by atoms with E-state index in [9.17, 15) is 0 Å². The zero-order valence-corrected chi connectivity index (χ0v) is 18.9. The molecule has 2 saturated heterocycles. The molecule has 0 aliphatic carbocycles. The highest BCUT2D eigenvalue weighted by atomic mass is 16.5. The van der Waals surface area contributed by atoms with Gasteiger partial charge in [-0.1, -0.05) is 30.3 Å². The van der Waals surface area contributed by atoms with Crippen LogP contribution in [0, 0.1) is 0 Å². The van der Waals surface area contributed by atoms with Crippen molar-refractivity contribution in [1.29, 1.82) is 0 Å². The molecular formula is C26H36N4O. The predicted octanol–water partition coefficient (Wildman–Crippen LogP) is 3.34. The van der Waals surface area contributed by atoms with Crippen LogP contribution in [0.2, 0.25) is 0 Å². The third kappa shape index (κ3) is 4.53. The minimum Gasteiger partial charge on any atom is -0.495 e. The number of aryl methyl sites for hydroxylation is 1. The van der Waals surface area contributed by atoms with E-state index in [1.54, 1.807) is 7.11 Å². The summed E-state index contributed by atoms with van der Waals surface area (Å²) in [5.74, 6) is 1.05. The van der Waals surface area contributed by atoms with E-state index < -0.39 is 0 Å². The zero-order valence-electron chi connectivity index (χ0n) is 18.9. The Labute approximate surface area is 187 Å². The molecule has 5 nitrogen and oxygen atoms in total. The molecule has 0 N–H and O–H groups in total. The van der Waals surface area contributed by atoms with E-state index in [0.717, 1.165) is 31.9 Å². The van der Waals surface area contributed by atoms with E-state index in [1.165, 1.54) is 68.9 Å². The quantitative estimate of drug-likeness (QED) is 0.713. The molecule has 3 aliphatic heterocycles. The first-order chi connectivity index (χ1) is 15.3. The summed E-state index contributed by atoms with van der Waals surface area (Å²) in [6.07, 6.45) is 3.71. The molecule has 2 aromatic rings. The van der Waals surface area contributed by atoms with E-state index in [-0.39, 0.29) is 0 Å². The summed E-state index contributed by atoms with van der Waals surface area (Å²) in [7, 11) is 1.80. The molecule has 0 aromatic heterocycles. The van der Waals surface area contributed by atoms with Gasteiger partial charge in [0.15, 0.2) is 0 Å². The van der Waals surface area contributed by atoms with Crippen molar-refractivity contribution < 1.29 is 4.74 Å². The van der Waals surface area contributed by atoms with Gasteiger partial charge in [-0.2, -0.15) is 0 Å². The highest BCUT2D eigenvalue weighted by Gasteiger charge is 2.33. The molecule has 1 atom stereocenters. The van der Waals surface area contributed by atoms with Gasteiger partial charge in [0.2, 0.25) is 0 Å². The number of benzene rings is 2. The van der Waals surface area contributed by atoms with Crippen LogP contribution in [0.5, 0.6) is 5.75 Å². The smallest absolute Gasteiger partial charge is 0.142 e. The Morgan fingerprint density at radius 1 is 0.839 bits per heavy atom. The van der Waals surface area contributed by atoms with Crippen molar-refractivity contribution >= 4 is 11.4 Å². The van der Waals surface area contributed by atoms with E-state index in [0.29, 0.717) is 6.04 Å². The van der Waals surface area contributed by atoms with Crippen molar-refractivity contribution in [2.45, 2.75) is 25.3 Å². The molecule has 5 heteroatoms. The first-order valence-corrected chi connectivity index (χ1v) is 12.0. The number of piperazine rings is 2. The van der Waals surface area contributed by atoms with Crippen LogP contribution in [0.15, 0.2) is 48.5 Å². The number of anilines is 2. The van der Waals surface area contributed by atoms with E-state index in [2.05, 4.69) is 68.1 Å². The van der Waals surface area contributed by atoms with Gasteiger partial charge in [0.05, 0.1) is 12.8 Å². The second kappa shape index (κ2) is 9.49. The number of hydrogen-bond donors (Lipinski definition) is 0. The highest BCUT2D eigenvalue weighted by molar-refractivity contribution is 5.66. The zero-order chi connectivity index (χ0) is 21.0. The molecule has 0 saturated carbocycles. The molecule has 2 aromatic carbocycles. The number of rotatable bonds is 6. The lowest BCUT2D eigenvalue weighted by Crippen LogP contribution is -2.55. The molecule has 3 heterocycles. The van der Waals surface area contributed by atoms with E-state index in [1.807, 2.05) is 0 Å². The van der Waals surface area contributed by atoms with E-state index >= 15 is 0 Å². The lowest BCUT2D eigenvalue weighted by Gasteiger charge is -2.46. The number of ether oxygens (including phenoxy) is 1. The van der Waals surface area contributed by atoms with Crippen molar-refractivity contribution in [3.8, 4) is 5.75 Å². The molecule has 5 rings (SSSR count). The van der Waals surface area contributed by atoms with Crippen LogP contribution in [0.3, 0.4) is 0 Å². The third-order valence-corrected chi connectivity index (χ3v) is 7.35. The summed E-state index contributed by atoms with van der Waals surface area (Å²) < 4.78 is 5.69. The molecule has 166 valence electrons. The molecule has 3 aliphatic rings. The van der Waals surface area contributed by atoms with Gasteiger partial charge in [-0.3, -0.25) is 9.80 Å². The Morgan fingerprint density at radius 3 is 2.42 bits per heavy atom. The van der Waals surface area contributed by atoms with Gasteiger partial charge < -0.3 is 14.5 Å². The maximum Gasteiger partial charge on any atom is 0.142 e. The van der Waals surface area contributed by atoms with Crippen molar-refractivity contribution in [2.75, 3.05) is 75.8 Å². The van der Waals surface area contributed by atoms with Gasteiger partial charge in [0, 0.05) is 57.5 Å². The van der Waals surface area contributed by atoms with E-state index in [4.69, 9.17) is 4.74 Å². The topological polar surface area (TPSA) is 22.2 Å². The summed E-state index contributed by atoms with van der Waals surface area (Å²) in [4.78, 5) is 10.5. The largest absolute Gasteiger partial charge is 0.495 e.